The summed E-state index contributed by atoms with van der Waals surface area (Å²) in [5.74, 6) is 0.0279. The van der Waals surface area contributed by atoms with E-state index in [1.807, 2.05) is 64.0 Å². The van der Waals surface area contributed by atoms with Crippen LogP contribution in [0, 0.1) is 0 Å². The van der Waals surface area contributed by atoms with Crippen LogP contribution in [0.5, 0.6) is 0 Å². The van der Waals surface area contributed by atoms with Crippen molar-refractivity contribution < 1.29 is 4.79 Å². The zero-order valence-electron chi connectivity index (χ0n) is 15.8. The van der Waals surface area contributed by atoms with E-state index in [0.29, 0.717) is 24.3 Å². The number of carbonyl (C=O) groups excluding carboxylic acids is 1. The van der Waals surface area contributed by atoms with Crippen LogP contribution in [0.2, 0.25) is 0 Å². The van der Waals surface area contributed by atoms with Gasteiger partial charge >= 0.3 is 0 Å². The Morgan fingerprint density at radius 1 is 0.960 bits per heavy atom. The molecule has 0 saturated heterocycles. The average Bonchev–Trinajstić information content (AvgIpc) is 2.63. The summed E-state index contributed by atoms with van der Waals surface area (Å²) in [5.41, 5.74) is 4.46. The van der Waals surface area contributed by atoms with Crippen LogP contribution < -0.4 is 4.90 Å². The third-order valence-electron chi connectivity index (χ3n) is 4.27. The summed E-state index contributed by atoms with van der Waals surface area (Å²) in [5, 5.41) is 0. The summed E-state index contributed by atoms with van der Waals surface area (Å²) >= 11 is 0. The molecule has 0 unspecified atom stereocenters. The summed E-state index contributed by atoms with van der Waals surface area (Å²) in [4.78, 5) is 21.3. The first kappa shape index (κ1) is 18.7. The van der Waals surface area contributed by atoms with Gasteiger partial charge < -0.3 is 9.80 Å². The van der Waals surface area contributed by atoms with E-state index in [0.717, 1.165) is 17.0 Å². The lowest BCUT2D eigenvalue weighted by Gasteiger charge is -2.19. The number of hydrogen-bond acceptors (Lipinski definition) is 3. The molecule has 1 amide bonds. The highest BCUT2D eigenvalue weighted by molar-refractivity contribution is 6.04. The van der Waals surface area contributed by atoms with Crippen LogP contribution in [0.1, 0.15) is 36.7 Å². The fourth-order valence-corrected chi connectivity index (χ4v) is 2.68. The predicted molar refractivity (Wildman–Crippen MR) is 106 cm³/mol. The van der Waals surface area contributed by atoms with Crippen LogP contribution in [-0.4, -0.2) is 43.7 Å². The van der Waals surface area contributed by atoms with Gasteiger partial charge in [0.15, 0.2) is 0 Å². The van der Waals surface area contributed by atoms with Gasteiger partial charge in [-0.15, -0.1) is 0 Å². The molecule has 0 aliphatic rings. The molecule has 0 aromatic heterocycles. The molecule has 0 saturated carbocycles. The van der Waals surface area contributed by atoms with Crippen molar-refractivity contribution in [3.8, 4) is 0 Å². The topological polar surface area (TPSA) is 35.9 Å². The van der Waals surface area contributed by atoms with Gasteiger partial charge in [0.05, 0.1) is 11.3 Å². The minimum absolute atomic E-state index is 0.0279. The molecule has 25 heavy (non-hydrogen) atoms. The first-order chi connectivity index (χ1) is 12.0. The number of amides is 1. The molecule has 0 heterocycles. The molecule has 4 heteroatoms. The summed E-state index contributed by atoms with van der Waals surface area (Å²) in [6.07, 6.45) is 0. The Morgan fingerprint density at radius 3 is 2.12 bits per heavy atom. The van der Waals surface area contributed by atoms with Gasteiger partial charge in [-0.25, -0.2) is 0 Å². The number of anilines is 1. The second-order valence-electron chi connectivity index (χ2n) is 6.13. The number of aliphatic imine (C=N–C) groups is 1. The fraction of sp³-hybridized carbons (Fsp3) is 0.333. The number of hydrogen-bond donors (Lipinski definition) is 0. The number of rotatable bonds is 6. The van der Waals surface area contributed by atoms with Crippen LogP contribution in [0.4, 0.5) is 11.4 Å². The monoisotopic (exact) mass is 337 g/mol. The van der Waals surface area contributed by atoms with Gasteiger partial charge in [-0.05, 0) is 50.6 Å². The Labute approximate surface area is 150 Å². The Bertz CT molecular complexity index is 744. The molecule has 0 aliphatic heterocycles. The number of para-hydroxylation sites is 1. The Kier molecular flexibility index (Phi) is 6.34. The Morgan fingerprint density at radius 2 is 1.56 bits per heavy atom. The molecule has 0 spiro atoms. The summed E-state index contributed by atoms with van der Waals surface area (Å²) in [7, 11) is 4.04. The third kappa shape index (κ3) is 4.47. The largest absolute Gasteiger partial charge is 0.378 e. The first-order valence-corrected chi connectivity index (χ1v) is 8.69. The van der Waals surface area contributed by atoms with Gasteiger partial charge in [0, 0.05) is 38.6 Å². The van der Waals surface area contributed by atoms with E-state index in [4.69, 9.17) is 4.99 Å². The molecule has 0 N–H and O–H groups in total. The second kappa shape index (κ2) is 8.47. The van der Waals surface area contributed by atoms with Crippen molar-refractivity contribution in [1.29, 1.82) is 0 Å². The van der Waals surface area contributed by atoms with Crippen LogP contribution in [0.15, 0.2) is 53.5 Å². The lowest BCUT2D eigenvalue weighted by Crippen LogP contribution is -2.30. The molecule has 2 aromatic rings. The molecular formula is C21H27N3O. The minimum Gasteiger partial charge on any atom is -0.378 e. The molecule has 0 atom stereocenters. The summed E-state index contributed by atoms with van der Waals surface area (Å²) in [6, 6.07) is 15.8. The fourth-order valence-electron chi connectivity index (χ4n) is 2.68. The molecular weight excluding hydrogens is 310 g/mol. The highest BCUT2D eigenvalue weighted by atomic mass is 16.2. The van der Waals surface area contributed by atoms with E-state index in [1.54, 1.807) is 0 Å². The highest BCUT2D eigenvalue weighted by Crippen LogP contribution is 2.22. The van der Waals surface area contributed by atoms with E-state index >= 15 is 0 Å². The zero-order valence-corrected chi connectivity index (χ0v) is 15.8. The first-order valence-electron chi connectivity index (χ1n) is 8.69. The molecule has 2 rings (SSSR count). The number of benzene rings is 2. The number of nitrogens with zero attached hydrogens (tertiary/aromatic N) is 3. The quantitative estimate of drug-likeness (QED) is 0.734. The minimum atomic E-state index is 0.0279. The van der Waals surface area contributed by atoms with Crippen molar-refractivity contribution in [1.82, 2.24) is 4.90 Å². The molecule has 0 aliphatic carbocycles. The van der Waals surface area contributed by atoms with Gasteiger partial charge in [-0.3, -0.25) is 9.79 Å². The van der Waals surface area contributed by atoms with E-state index in [9.17, 15) is 4.79 Å². The normalized spacial score (nSPS) is 11.3. The van der Waals surface area contributed by atoms with Crippen molar-refractivity contribution in [2.24, 2.45) is 4.99 Å². The van der Waals surface area contributed by atoms with Gasteiger partial charge in [-0.2, -0.15) is 0 Å². The maximum absolute atomic E-state index is 12.7. The van der Waals surface area contributed by atoms with Gasteiger partial charge in [-0.1, -0.05) is 24.3 Å². The van der Waals surface area contributed by atoms with E-state index in [1.165, 1.54) is 0 Å². The number of carbonyl (C=O) groups is 1. The molecule has 0 fully saturated rings. The highest BCUT2D eigenvalue weighted by Gasteiger charge is 2.16. The maximum atomic E-state index is 12.7. The Balaban J connectivity index is 2.35. The van der Waals surface area contributed by atoms with Crippen LogP contribution >= 0.6 is 0 Å². The zero-order chi connectivity index (χ0) is 18.4. The molecule has 2 aromatic carbocycles. The summed E-state index contributed by atoms with van der Waals surface area (Å²) in [6.45, 7) is 7.34. The lowest BCUT2D eigenvalue weighted by atomic mass is 10.1. The van der Waals surface area contributed by atoms with Crippen molar-refractivity contribution in [2.75, 3.05) is 32.1 Å². The van der Waals surface area contributed by atoms with Crippen LogP contribution in [-0.2, 0) is 0 Å². The van der Waals surface area contributed by atoms with Gasteiger partial charge in [0.25, 0.3) is 5.91 Å². The molecule has 0 bridgehead atoms. The molecule has 132 valence electrons. The standard InChI is InChI=1S/C21H27N3O/c1-6-24(7-2)21(25)19-10-8-9-11-20(19)22-16(3)17-12-14-18(15-13-17)23(4)5/h8-15H,6-7H2,1-5H3. The van der Waals surface area contributed by atoms with Crippen molar-refractivity contribution in [2.45, 2.75) is 20.8 Å². The SMILES string of the molecule is CCN(CC)C(=O)c1ccccc1N=C(C)c1ccc(N(C)C)cc1. The molecule has 4 nitrogen and oxygen atoms in total. The van der Waals surface area contributed by atoms with Crippen LogP contribution in [0.25, 0.3) is 0 Å². The van der Waals surface area contributed by atoms with Gasteiger partial charge in [0.2, 0.25) is 0 Å². The second-order valence-corrected chi connectivity index (χ2v) is 6.13. The van der Waals surface area contributed by atoms with Crippen molar-refractivity contribution >= 4 is 23.0 Å². The van der Waals surface area contributed by atoms with Crippen molar-refractivity contribution in [3.05, 3.63) is 59.7 Å². The maximum Gasteiger partial charge on any atom is 0.256 e. The lowest BCUT2D eigenvalue weighted by molar-refractivity contribution is 0.0774. The van der Waals surface area contributed by atoms with Gasteiger partial charge in [0.1, 0.15) is 0 Å². The van der Waals surface area contributed by atoms with E-state index in [-0.39, 0.29) is 5.91 Å². The van der Waals surface area contributed by atoms with E-state index < -0.39 is 0 Å². The summed E-state index contributed by atoms with van der Waals surface area (Å²) < 4.78 is 0. The van der Waals surface area contributed by atoms with Crippen molar-refractivity contribution in [3.63, 3.8) is 0 Å². The van der Waals surface area contributed by atoms with E-state index in [2.05, 4.69) is 29.2 Å². The third-order valence-corrected chi connectivity index (χ3v) is 4.27. The smallest absolute Gasteiger partial charge is 0.256 e. The molecule has 0 radical (unpaired) electrons. The average molecular weight is 337 g/mol. The van der Waals surface area contributed by atoms with Crippen LogP contribution in [0.3, 0.4) is 0 Å². The Hall–Kier alpha value is -2.62. The predicted octanol–water partition coefficient (Wildman–Crippen LogP) is 4.38.